The molecule has 0 radical (unpaired) electrons. The molecule has 0 bridgehead atoms. The van der Waals surface area contributed by atoms with Gasteiger partial charge in [0, 0.05) is 12.6 Å². The third-order valence-electron chi connectivity index (χ3n) is 2.92. The normalized spacial score (nSPS) is 24.2. The lowest BCUT2D eigenvalue weighted by molar-refractivity contribution is -0.138. The van der Waals surface area contributed by atoms with Gasteiger partial charge in [-0.25, -0.2) is 0 Å². The fourth-order valence-corrected chi connectivity index (χ4v) is 1.93. The van der Waals surface area contributed by atoms with Crippen LogP contribution >= 0.6 is 0 Å². The lowest BCUT2D eigenvalue weighted by atomic mass is 10.1. The molecule has 1 rings (SSSR count). The molecule has 1 saturated heterocycles. The van der Waals surface area contributed by atoms with Crippen molar-refractivity contribution in [1.29, 1.82) is 0 Å². The maximum absolute atomic E-state index is 12.0. The van der Waals surface area contributed by atoms with Crippen LogP contribution in [0.1, 0.15) is 25.7 Å². The topological polar surface area (TPSA) is 15.3 Å². The third-order valence-corrected chi connectivity index (χ3v) is 2.92. The quantitative estimate of drug-likeness (QED) is 0.789. The first-order valence-corrected chi connectivity index (χ1v) is 5.47. The second kappa shape index (κ2) is 5.70. The Hall–Kier alpha value is -0.290. The van der Waals surface area contributed by atoms with Crippen LogP contribution in [-0.4, -0.2) is 43.8 Å². The molecule has 1 heterocycles. The van der Waals surface area contributed by atoms with Gasteiger partial charge in [0.2, 0.25) is 0 Å². The molecule has 1 aliphatic heterocycles. The predicted molar refractivity (Wildman–Crippen MR) is 53.8 cm³/mol. The smallest absolute Gasteiger partial charge is 0.317 e. The van der Waals surface area contributed by atoms with Gasteiger partial charge >= 0.3 is 6.18 Å². The molecule has 0 spiro atoms. The van der Waals surface area contributed by atoms with E-state index in [-0.39, 0.29) is 6.54 Å². The van der Waals surface area contributed by atoms with Gasteiger partial charge in [0.15, 0.2) is 0 Å². The van der Waals surface area contributed by atoms with Crippen molar-refractivity contribution in [3.63, 3.8) is 0 Å². The molecule has 1 unspecified atom stereocenters. The molecule has 0 aromatic rings. The highest BCUT2D eigenvalue weighted by Gasteiger charge is 2.28. The van der Waals surface area contributed by atoms with Crippen LogP contribution in [0.4, 0.5) is 13.2 Å². The molecule has 0 aromatic heterocycles. The van der Waals surface area contributed by atoms with Gasteiger partial charge in [0.05, 0.1) is 6.42 Å². The maximum atomic E-state index is 12.0. The monoisotopic (exact) mass is 224 g/mol. The number of nitrogens with one attached hydrogen (secondary N) is 1. The summed E-state index contributed by atoms with van der Waals surface area (Å²) in [7, 11) is 1.79. The predicted octanol–water partition coefficient (Wildman–Crippen LogP) is 2.01. The molecule has 5 heteroatoms. The van der Waals surface area contributed by atoms with Crippen molar-refractivity contribution in [2.24, 2.45) is 0 Å². The zero-order valence-corrected chi connectivity index (χ0v) is 9.11. The molecule has 1 atom stereocenters. The van der Waals surface area contributed by atoms with Crippen molar-refractivity contribution < 1.29 is 13.2 Å². The van der Waals surface area contributed by atoms with Crippen molar-refractivity contribution in [3.8, 4) is 0 Å². The first-order chi connectivity index (χ1) is 6.99. The number of hydrogen-bond acceptors (Lipinski definition) is 2. The van der Waals surface area contributed by atoms with Gasteiger partial charge in [0.1, 0.15) is 0 Å². The molecule has 0 saturated carbocycles. The summed E-state index contributed by atoms with van der Waals surface area (Å²) in [5, 5.41) is 3.26. The van der Waals surface area contributed by atoms with Crippen LogP contribution < -0.4 is 5.32 Å². The second-order valence-corrected chi connectivity index (χ2v) is 4.18. The summed E-state index contributed by atoms with van der Waals surface area (Å²) in [6, 6.07) is 0.308. The Morgan fingerprint density at radius 1 is 1.27 bits per heavy atom. The fourth-order valence-electron chi connectivity index (χ4n) is 1.93. The van der Waals surface area contributed by atoms with E-state index >= 15 is 0 Å². The van der Waals surface area contributed by atoms with Crippen LogP contribution in [0.5, 0.6) is 0 Å². The molecular formula is C10H19F3N2. The van der Waals surface area contributed by atoms with Gasteiger partial charge in [-0.1, -0.05) is 0 Å². The summed E-state index contributed by atoms with van der Waals surface area (Å²) < 4.78 is 36.1. The van der Waals surface area contributed by atoms with E-state index in [0.29, 0.717) is 6.04 Å². The van der Waals surface area contributed by atoms with Crippen molar-refractivity contribution in [1.82, 2.24) is 10.2 Å². The molecule has 0 aliphatic carbocycles. The highest BCUT2D eigenvalue weighted by molar-refractivity contribution is 4.74. The Morgan fingerprint density at radius 2 is 2.00 bits per heavy atom. The first-order valence-electron chi connectivity index (χ1n) is 5.47. The number of nitrogens with zero attached hydrogens (tertiary/aromatic N) is 1. The molecule has 0 amide bonds. The average molecular weight is 224 g/mol. The van der Waals surface area contributed by atoms with Gasteiger partial charge in [-0.2, -0.15) is 13.2 Å². The van der Waals surface area contributed by atoms with E-state index in [1.54, 1.807) is 7.05 Å². The first kappa shape index (κ1) is 12.8. The van der Waals surface area contributed by atoms with E-state index in [0.717, 1.165) is 32.4 Å². The minimum absolute atomic E-state index is 0.119. The molecule has 2 nitrogen and oxygen atoms in total. The lowest BCUT2D eigenvalue weighted by Crippen LogP contribution is -2.35. The van der Waals surface area contributed by atoms with E-state index in [2.05, 4.69) is 5.32 Å². The van der Waals surface area contributed by atoms with Crippen molar-refractivity contribution in [2.45, 2.75) is 37.9 Å². The largest absolute Gasteiger partial charge is 0.390 e. The Balaban J connectivity index is 2.28. The lowest BCUT2D eigenvalue weighted by Gasteiger charge is -2.27. The van der Waals surface area contributed by atoms with E-state index in [1.165, 1.54) is 0 Å². The summed E-state index contributed by atoms with van der Waals surface area (Å²) in [6.45, 7) is 2.03. The summed E-state index contributed by atoms with van der Waals surface area (Å²) in [5.74, 6) is 0. The van der Waals surface area contributed by atoms with Crippen LogP contribution in [0.15, 0.2) is 0 Å². The van der Waals surface area contributed by atoms with E-state index in [9.17, 15) is 13.2 Å². The van der Waals surface area contributed by atoms with Crippen molar-refractivity contribution in [3.05, 3.63) is 0 Å². The summed E-state index contributed by atoms with van der Waals surface area (Å²) >= 11 is 0. The SMILES string of the molecule is CN(CCC(F)(F)F)C1CCCNCC1. The van der Waals surface area contributed by atoms with Gasteiger partial charge in [-0.15, -0.1) is 0 Å². The van der Waals surface area contributed by atoms with E-state index in [1.807, 2.05) is 4.90 Å². The molecule has 1 fully saturated rings. The Bertz CT molecular complexity index is 174. The number of alkyl halides is 3. The number of halogens is 3. The van der Waals surface area contributed by atoms with Gasteiger partial charge in [-0.05, 0) is 39.4 Å². The van der Waals surface area contributed by atoms with Crippen LogP contribution in [0, 0.1) is 0 Å². The number of hydrogen-bond donors (Lipinski definition) is 1. The van der Waals surface area contributed by atoms with Gasteiger partial charge in [0.25, 0.3) is 0 Å². The van der Waals surface area contributed by atoms with E-state index in [4.69, 9.17) is 0 Å². The molecule has 15 heavy (non-hydrogen) atoms. The highest BCUT2D eigenvalue weighted by Crippen LogP contribution is 2.21. The minimum Gasteiger partial charge on any atom is -0.317 e. The van der Waals surface area contributed by atoms with Crippen molar-refractivity contribution in [2.75, 3.05) is 26.7 Å². The van der Waals surface area contributed by atoms with Crippen LogP contribution in [0.3, 0.4) is 0 Å². The Morgan fingerprint density at radius 3 is 2.67 bits per heavy atom. The summed E-state index contributed by atoms with van der Waals surface area (Å²) in [4.78, 5) is 1.85. The molecular weight excluding hydrogens is 205 g/mol. The standard InChI is InChI=1S/C10H19F3N2/c1-15(8-5-10(11,12)13)9-3-2-6-14-7-4-9/h9,14H,2-8H2,1H3. The van der Waals surface area contributed by atoms with Crippen LogP contribution in [-0.2, 0) is 0 Å². The van der Waals surface area contributed by atoms with Gasteiger partial charge < -0.3 is 10.2 Å². The zero-order chi connectivity index (χ0) is 11.3. The maximum Gasteiger partial charge on any atom is 0.390 e. The fraction of sp³-hybridized carbons (Fsp3) is 1.00. The van der Waals surface area contributed by atoms with Crippen molar-refractivity contribution >= 4 is 0 Å². The van der Waals surface area contributed by atoms with Crippen LogP contribution in [0.25, 0.3) is 0 Å². The van der Waals surface area contributed by atoms with Crippen LogP contribution in [0.2, 0.25) is 0 Å². The Labute approximate surface area is 88.8 Å². The minimum atomic E-state index is -4.03. The highest BCUT2D eigenvalue weighted by atomic mass is 19.4. The molecule has 1 aliphatic rings. The number of rotatable bonds is 3. The molecule has 1 N–H and O–H groups in total. The summed E-state index contributed by atoms with van der Waals surface area (Å²) in [5.41, 5.74) is 0. The van der Waals surface area contributed by atoms with E-state index < -0.39 is 12.6 Å². The second-order valence-electron chi connectivity index (χ2n) is 4.18. The summed E-state index contributed by atoms with van der Waals surface area (Å²) in [6.07, 6.45) is -1.72. The Kier molecular flexibility index (Phi) is 4.86. The van der Waals surface area contributed by atoms with Gasteiger partial charge in [-0.3, -0.25) is 0 Å². The average Bonchev–Trinajstić information content (AvgIpc) is 2.41. The zero-order valence-electron chi connectivity index (χ0n) is 9.11. The third kappa shape index (κ3) is 5.37. The molecule has 0 aromatic carbocycles. The molecule has 90 valence electrons.